The zero-order chi connectivity index (χ0) is 10.0. The Balaban J connectivity index is 2.46. The van der Waals surface area contributed by atoms with Crippen molar-refractivity contribution in [3.8, 4) is 0 Å². The van der Waals surface area contributed by atoms with E-state index in [9.17, 15) is 9.59 Å². The Labute approximate surface area is 76.5 Å². The number of aliphatic carboxylic acids is 1. The van der Waals surface area contributed by atoms with Gasteiger partial charge in [-0.15, -0.1) is 0 Å². The monoisotopic (exact) mass is 186 g/mol. The lowest BCUT2D eigenvalue weighted by Crippen LogP contribution is -2.34. The number of carbonyl (C=O) groups excluding carboxylic acids is 1. The second kappa shape index (κ2) is 3.74. The molecule has 0 aromatic carbocycles. The molecule has 0 spiro atoms. The molecule has 1 aliphatic rings. The van der Waals surface area contributed by atoms with Crippen LogP contribution in [0, 0.1) is 5.92 Å². The smallest absolute Gasteiger partial charge is 0.308 e. The zero-order valence-electron chi connectivity index (χ0n) is 7.56. The van der Waals surface area contributed by atoms with Crippen LogP contribution in [0.5, 0.6) is 0 Å². The summed E-state index contributed by atoms with van der Waals surface area (Å²) in [4.78, 5) is 23.2. The lowest BCUT2D eigenvalue weighted by atomic mass is 10.2. The van der Waals surface area contributed by atoms with Crippen molar-refractivity contribution in [2.45, 2.75) is 19.4 Å². The van der Waals surface area contributed by atoms with Gasteiger partial charge in [0.05, 0.1) is 5.92 Å². The molecule has 0 aromatic rings. The molecular formula is C8H14N2O3. The molecule has 5 nitrogen and oxygen atoms in total. The lowest BCUT2D eigenvalue weighted by molar-refractivity contribution is -0.142. The molecule has 0 bridgehead atoms. The minimum Gasteiger partial charge on any atom is -0.481 e. The Kier molecular flexibility index (Phi) is 2.87. The van der Waals surface area contributed by atoms with E-state index in [2.05, 4.69) is 0 Å². The van der Waals surface area contributed by atoms with Crippen molar-refractivity contribution in [2.24, 2.45) is 11.7 Å². The number of carboxylic acid groups (broad SMARTS) is 1. The molecule has 1 rings (SSSR count). The first-order valence-corrected chi connectivity index (χ1v) is 4.27. The molecule has 2 unspecified atom stereocenters. The van der Waals surface area contributed by atoms with Crippen LogP contribution >= 0.6 is 0 Å². The molecule has 1 saturated heterocycles. The average Bonchev–Trinajstić information content (AvgIpc) is 2.30. The van der Waals surface area contributed by atoms with E-state index in [4.69, 9.17) is 10.8 Å². The van der Waals surface area contributed by atoms with Crippen LogP contribution in [0.25, 0.3) is 0 Å². The minimum absolute atomic E-state index is 0.0411. The van der Waals surface area contributed by atoms with Crippen LogP contribution in [0.1, 0.15) is 13.3 Å². The third-order valence-electron chi connectivity index (χ3n) is 2.16. The Bertz CT molecular complexity index is 229. The van der Waals surface area contributed by atoms with Gasteiger partial charge in [0.1, 0.15) is 0 Å². The summed E-state index contributed by atoms with van der Waals surface area (Å²) in [5.74, 6) is -1.44. The minimum atomic E-state index is -0.881. The average molecular weight is 186 g/mol. The number of nitrogens with two attached hydrogens (primary N) is 1. The largest absolute Gasteiger partial charge is 0.481 e. The number of carbonyl (C=O) groups is 2. The van der Waals surface area contributed by atoms with Crippen molar-refractivity contribution < 1.29 is 14.7 Å². The maximum absolute atomic E-state index is 11.2. The number of carboxylic acids is 1. The van der Waals surface area contributed by atoms with Gasteiger partial charge in [0.2, 0.25) is 5.91 Å². The first kappa shape index (κ1) is 9.98. The summed E-state index contributed by atoms with van der Waals surface area (Å²) in [5.41, 5.74) is 5.56. The Morgan fingerprint density at radius 1 is 1.85 bits per heavy atom. The lowest BCUT2D eigenvalue weighted by Gasteiger charge is -2.18. The molecule has 74 valence electrons. The van der Waals surface area contributed by atoms with Crippen LogP contribution in [0.3, 0.4) is 0 Å². The highest BCUT2D eigenvalue weighted by molar-refractivity contribution is 5.80. The molecule has 5 heteroatoms. The van der Waals surface area contributed by atoms with Gasteiger partial charge in [0.25, 0.3) is 0 Å². The van der Waals surface area contributed by atoms with E-state index in [1.807, 2.05) is 0 Å². The molecule has 0 aromatic heterocycles. The quantitative estimate of drug-likeness (QED) is 0.608. The molecular weight excluding hydrogens is 172 g/mol. The van der Waals surface area contributed by atoms with Crippen molar-refractivity contribution in [1.29, 1.82) is 0 Å². The summed E-state index contributed by atoms with van der Waals surface area (Å²) in [7, 11) is 0. The summed E-state index contributed by atoms with van der Waals surface area (Å²) in [5, 5.41) is 8.63. The van der Waals surface area contributed by atoms with E-state index in [-0.39, 0.29) is 18.5 Å². The van der Waals surface area contributed by atoms with Crippen LogP contribution in [-0.4, -0.2) is 41.0 Å². The predicted molar refractivity (Wildman–Crippen MR) is 46.0 cm³/mol. The molecule has 1 aliphatic heterocycles. The first-order chi connectivity index (χ1) is 6.00. The van der Waals surface area contributed by atoms with Gasteiger partial charge in [-0.05, 0) is 0 Å². The second-order valence-electron chi connectivity index (χ2n) is 3.50. The van der Waals surface area contributed by atoms with Gasteiger partial charge in [-0.2, -0.15) is 0 Å². The summed E-state index contributed by atoms with van der Waals surface area (Å²) >= 11 is 0. The van der Waals surface area contributed by atoms with Crippen molar-refractivity contribution in [2.75, 3.05) is 13.1 Å². The molecule has 2 atom stereocenters. The van der Waals surface area contributed by atoms with Crippen LogP contribution < -0.4 is 5.73 Å². The maximum Gasteiger partial charge on any atom is 0.308 e. The standard InChI is InChI=1S/C8H14N2O3/c1-5(8(12)13)3-10-4-6(9)2-7(10)11/h5-6H,2-4,9H2,1H3,(H,12,13). The highest BCUT2D eigenvalue weighted by atomic mass is 16.4. The normalized spacial score (nSPS) is 24.9. The summed E-state index contributed by atoms with van der Waals surface area (Å²) in [6.45, 7) is 2.33. The van der Waals surface area contributed by atoms with Gasteiger partial charge in [-0.25, -0.2) is 0 Å². The van der Waals surface area contributed by atoms with Crippen molar-refractivity contribution >= 4 is 11.9 Å². The SMILES string of the molecule is CC(CN1CC(N)CC1=O)C(=O)O. The molecule has 0 radical (unpaired) electrons. The third-order valence-corrected chi connectivity index (χ3v) is 2.16. The number of rotatable bonds is 3. The van der Waals surface area contributed by atoms with Crippen molar-refractivity contribution in [3.05, 3.63) is 0 Å². The number of likely N-dealkylation sites (tertiary alicyclic amines) is 1. The molecule has 3 N–H and O–H groups in total. The highest BCUT2D eigenvalue weighted by Crippen LogP contribution is 2.11. The van der Waals surface area contributed by atoms with Gasteiger partial charge in [0.15, 0.2) is 0 Å². The number of hydrogen-bond acceptors (Lipinski definition) is 3. The van der Waals surface area contributed by atoms with E-state index in [1.54, 1.807) is 6.92 Å². The summed E-state index contributed by atoms with van der Waals surface area (Å²) in [6, 6.07) is -0.131. The fourth-order valence-electron chi connectivity index (χ4n) is 1.39. The topological polar surface area (TPSA) is 83.6 Å². The molecule has 0 saturated carbocycles. The molecule has 1 heterocycles. The number of amides is 1. The van der Waals surface area contributed by atoms with Crippen LogP contribution in [0.4, 0.5) is 0 Å². The van der Waals surface area contributed by atoms with E-state index in [1.165, 1.54) is 4.90 Å². The fourth-order valence-corrected chi connectivity index (χ4v) is 1.39. The van der Waals surface area contributed by atoms with E-state index >= 15 is 0 Å². The second-order valence-corrected chi connectivity index (χ2v) is 3.50. The number of hydrogen-bond donors (Lipinski definition) is 2. The zero-order valence-corrected chi connectivity index (χ0v) is 7.56. The van der Waals surface area contributed by atoms with Gasteiger partial charge in [-0.1, -0.05) is 6.92 Å². The Hall–Kier alpha value is -1.10. The van der Waals surface area contributed by atoms with Gasteiger partial charge >= 0.3 is 5.97 Å². The van der Waals surface area contributed by atoms with Crippen molar-refractivity contribution in [3.63, 3.8) is 0 Å². The number of nitrogens with zero attached hydrogens (tertiary/aromatic N) is 1. The summed E-state index contributed by atoms with van der Waals surface area (Å²) < 4.78 is 0. The molecule has 0 aliphatic carbocycles. The first-order valence-electron chi connectivity index (χ1n) is 4.27. The van der Waals surface area contributed by atoms with Gasteiger partial charge < -0.3 is 15.7 Å². The highest BCUT2D eigenvalue weighted by Gasteiger charge is 2.29. The van der Waals surface area contributed by atoms with Crippen LogP contribution in [0.15, 0.2) is 0 Å². The van der Waals surface area contributed by atoms with Crippen LogP contribution in [0.2, 0.25) is 0 Å². The van der Waals surface area contributed by atoms with E-state index in [0.29, 0.717) is 13.0 Å². The van der Waals surface area contributed by atoms with Crippen molar-refractivity contribution in [1.82, 2.24) is 4.90 Å². The van der Waals surface area contributed by atoms with Gasteiger partial charge in [0, 0.05) is 25.6 Å². The van der Waals surface area contributed by atoms with Crippen LogP contribution in [-0.2, 0) is 9.59 Å². The van der Waals surface area contributed by atoms with Gasteiger partial charge in [-0.3, -0.25) is 9.59 Å². The molecule has 13 heavy (non-hydrogen) atoms. The van der Waals surface area contributed by atoms with E-state index < -0.39 is 11.9 Å². The Morgan fingerprint density at radius 3 is 2.85 bits per heavy atom. The van der Waals surface area contributed by atoms with E-state index in [0.717, 1.165) is 0 Å². The maximum atomic E-state index is 11.2. The Morgan fingerprint density at radius 2 is 2.46 bits per heavy atom. The predicted octanol–water partition coefficient (Wildman–Crippen LogP) is -0.733. The molecule has 1 amide bonds. The fraction of sp³-hybridized carbons (Fsp3) is 0.750. The third kappa shape index (κ3) is 2.42. The molecule has 1 fully saturated rings. The summed E-state index contributed by atoms with van der Waals surface area (Å²) in [6.07, 6.45) is 0.340.